The largest absolute Gasteiger partial charge is 0.478 e. The van der Waals surface area contributed by atoms with Crippen LogP contribution in [0, 0.1) is 0 Å². The summed E-state index contributed by atoms with van der Waals surface area (Å²) < 4.78 is 0. The van der Waals surface area contributed by atoms with Gasteiger partial charge in [0.1, 0.15) is 0 Å². The Bertz CT molecular complexity index is 489. The summed E-state index contributed by atoms with van der Waals surface area (Å²) in [5.41, 5.74) is 0.137. The Morgan fingerprint density at radius 3 is 2.11 bits per heavy atom. The van der Waals surface area contributed by atoms with E-state index in [1.54, 1.807) is 18.2 Å². The smallest absolute Gasteiger partial charge is 0.386 e. The molecule has 1 aromatic rings. The minimum atomic E-state index is -1.67. The Morgan fingerprint density at radius 2 is 1.61 bits per heavy atom. The highest BCUT2D eigenvalue weighted by atomic mass is 17.2. The molecular formula is C11H8O7. The summed E-state index contributed by atoms with van der Waals surface area (Å²) in [7, 11) is 0. The van der Waals surface area contributed by atoms with Crippen LogP contribution in [0.2, 0.25) is 0 Å². The molecule has 0 heterocycles. The van der Waals surface area contributed by atoms with Crippen molar-refractivity contribution in [2.45, 2.75) is 0 Å². The minimum Gasteiger partial charge on any atom is -0.478 e. The Morgan fingerprint density at radius 1 is 1.00 bits per heavy atom. The van der Waals surface area contributed by atoms with Crippen LogP contribution in [0.15, 0.2) is 42.2 Å². The van der Waals surface area contributed by atoms with E-state index in [0.717, 1.165) is 0 Å². The highest BCUT2D eigenvalue weighted by molar-refractivity contribution is 5.93. The second-order valence-electron chi connectivity index (χ2n) is 2.97. The van der Waals surface area contributed by atoms with Gasteiger partial charge in [-0.25, -0.2) is 19.3 Å². The van der Waals surface area contributed by atoms with Crippen molar-refractivity contribution in [2.75, 3.05) is 0 Å². The van der Waals surface area contributed by atoms with Crippen LogP contribution in [-0.4, -0.2) is 28.1 Å². The zero-order valence-electron chi connectivity index (χ0n) is 8.90. The van der Waals surface area contributed by atoms with Gasteiger partial charge in [0.2, 0.25) is 0 Å². The molecule has 0 saturated heterocycles. The van der Waals surface area contributed by atoms with Gasteiger partial charge in [0.25, 0.3) is 5.76 Å². The first kappa shape index (κ1) is 13.2. The third-order valence-electron chi connectivity index (χ3n) is 1.68. The van der Waals surface area contributed by atoms with E-state index < -0.39 is 23.7 Å². The van der Waals surface area contributed by atoms with Gasteiger partial charge < -0.3 is 10.2 Å². The Balaban J connectivity index is 2.67. The molecule has 1 rings (SSSR count). The number of hydrogen-bond donors (Lipinski definition) is 2. The van der Waals surface area contributed by atoms with Gasteiger partial charge in [0.05, 0.1) is 11.6 Å². The molecule has 0 aliphatic heterocycles. The maximum atomic E-state index is 11.3. The molecule has 7 heteroatoms. The Labute approximate surface area is 101 Å². The third-order valence-corrected chi connectivity index (χ3v) is 1.68. The van der Waals surface area contributed by atoms with E-state index in [1.165, 1.54) is 12.1 Å². The molecule has 0 aliphatic carbocycles. The van der Waals surface area contributed by atoms with Crippen molar-refractivity contribution in [3.63, 3.8) is 0 Å². The predicted octanol–water partition coefficient (Wildman–Crippen LogP) is 0.828. The first-order chi connectivity index (χ1) is 8.50. The molecule has 0 amide bonds. The molecule has 0 aliphatic rings. The molecule has 0 spiro atoms. The quantitative estimate of drug-likeness (QED) is 0.345. The topological polar surface area (TPSA) is 110 Å². The zero-order chi connectivity index (χ0) is 13.5. The molecule has 0 radical (unpaired) electrons. The van der Waals surface area contributed by atoms with E-state index in [1.807, 2.05) is 0 Å². The minimum absolute atomic E-state index is 0.137. The SMILES string of the molecule is O=C(O)/C=C(/OOC(=O)c1ccccc1)C(=O)O. The van der Waals surface area contributed by atoms with Gasteiger partial charge in [-0.15, -0.1) is 0 Å². The third kappa shape index (κ3) is 3.97. The van der Waals surface area contributed by atoms with Gasteiger partial charge in [0.15, 0.2) is 0 Å². The molecule has 0 saturated carbocycles. The second kappa shape index (κ2) is 6.04. The van der Waals surface area contributed by atoms with Crippen molar-refractivity contribution in [1.29, 1.82) is 0 Å². The normalized spacial score (nSPS) is 10.6. The molecule has 1 aromatic carbocycles. The molecule has 18 heavy (non-hydrogen) atoms. The summed E-state index contributed by atoms with van der Waals surface area (Å²) >= 11 is 0. The summed E-state index contributed by atoms with van der Waals surface area (Å²) in [6, 6.07) is 7.66. The molecule has 0 fully saturated rings. The lowest BCUT2D eigenvalue weighted by molar-refractivity contribution is -0.212. The number of aliphatic carboxylic acids is 2. The lowest BCUT2D eigenvalue weighted by Crippen LogP contribution is -2.12. The fourth-order valence-electron chi connectivity index (χ4n) is 0.939. The number of carboxylic acids is 2. The first-order valence-electron chi connectivity index (χ1n) is 4.62. The summed E-state index contributed by atoms with van der Waals surface area (Å²) in [6.45, 7) is 0. The van der Waals surface area contributed by atoms with E-state index in [2.05, 4.69) is 9.78 Å². The second-order valence-corrected chi connectivity index (χ2v) is 2.97. The summed E-state index contributed by atoms with van der Waals surface area (Å²) in [6.07, 6.45) is 0.264. The monoisotopic (exact) mass is 252 g/mol. The zero-order valence-corrected chi connectivity index (χ0v) is 8.90. The molecule has 94 valence electrons. The van der Waals surface area contributed by atoms with Crippen LogP contribution in [0.25, 0.3) is 0 Å². The summed E-state index contributed by atoms with van der Waals surface area (Å²) in [4.78, 5) is 40.5. The van der Waals surface area contributed by atoms with E-state index in [4.69, 9.17) is 10.2 Å². The van der Waals surface area contributed by atoms with Crippen molar-refractivity contribution in [1.82, 2.24) is 0 Å². The molecule has 0 aromatic heterocycles. The molecule has 0 unspecified atom stereocenters. The van der Waals surface area contributed by atoms with Gasteiger partial charge >= 0.3 is 17.9 Å². The van der Waals surface area contributed by atoms with E-state index >= 15 is 0 Å². The number of benzene rings is 1. The highest BCUT2D eigenvalue weighted by Gasteiger charge is 2.16. The van der Waals surface area contributed by atoms with E-state index in [0.29, 0.717) is 0 Å². The van der Waals surface area contributed by atoms with Crippen molar-refractivity contribution < 1.29 is 34.4 Å². The van der Waals surface area contributed by atoms with Gasteiger partial charge in [-0.05, 0) is 12.1 Å². The fourth-order valence-corrected chi connectivity index (χ4v) is 0.939. The average Bonchev–Trinajstić information content (AvgIpc) is 2.34. The Kier molecular flexibility index (Phi) is 4.44. The highest BCUT2D eigenvalue weighted by Crippen LogP contribution is 2.05. The van der Waals surface area contributed by atoms with Gasteiger partial charge in [0, 0.05) is 0 Å². The van der Waals surface area contributed by atoms with Gasteiger partial charge in [-0.1, -0.05) is 18.2 Å². The maximum Gasteiger partial charge on any atom is 0.386 e. The van der Waals surface area contributed by atoms with Gasteiger partial charge in [-0.2, -0.15) is 0 Å². The van der Waals surface area contributed by atoms with Crippen LogP contribution in [0.5, 0.6) is 0 Å². The molecule has 2 N–H and O–H groups in total. The number of rotatable bonds is 5. The predicted molar refractivity (Wildman–Crippen MR) is 56.3 cm³/mol. The number of carbonyl (C=O) groups excluding carboxylic acids is 1. The van der Waals surface area contributed by atoms with E-state index in [-0.39, 0.29) is 11.6 Å². The molecular weight excluding hydrogens is 244 g/mol. The molecule has 0 atom stereocenters. The van der Waals surface area contributed by atoms with Crippen LogP contribution in [0.4, 0.5) is 0 Å². The standard InChI is InChI=1S/C11H8O7/c12-9(13)6-8(10(14)15)17-18-11(16)7-4-2-1-3-5-7/h1-6H,(H,12,13)(H,14,15)/b8-6+. The summed E-state index contributed by atoms with van der Waals surface area (Å²) in [5, 5.41) is 16.9. The molecule has 0 bridgehead atoms. The number of carbonyl (C=O) groups is 3. The van der Waals surface area contributed by atoms with Gasteiger partial charge in [-0.3, -0.25) is 4.89 Å². The lowest BCUT2D eigenvalue weighted by atomic mass is 10.2. The number of hydrogen-bond acceptors (Lipinski definition) is 5. The van der Waals surface area contributed by atoms with E-state index in [9.17, 15) is 14.4 Å². The summed E-state index contributed by atoms with van der Waals surface area (Å²) in [5.74, 6) is -5.15. The van der Waals surface area contributed by atoms with Crippen LogP contribution in [0.1, 0.15) is 10.4 Å². The van der Waals surface area contributed by atoms with Crippen LogP contribution < -0.4 is 0 Å². The lowest BCUT2D eigenvalue weighted by Gasteiger charge is -2.03. The first-order valence-corrected chi connectivity index (χ1v) is 4.62. The fraction of sp³-hybridized carbons (Fsp3) is 0. The van der Waals surface area contributed by atoms with Crippen LogP contribution in [-0.2, 0) is 19.4 Å². The molecule has 7 nitrogen and oxygen atoms in total. The van der Waals surface area contributed by atoms with Crippen molar-refractivity contribution in [2.24, 2.45) is 0 Å². The maximum absolute atomic E-state index is 11.3. The van der Waals surface area contributed by atoms with Crippen molar-refractivity contribution in [3.05, 3.63) is 47.7 Å². The number of carboxylic acid groups (broad SMARTS) is 2. The van der Waals surface area contributed by atoms with Crippen LogP contribution in [0.3, 0.4) is 0 Å². The average molecular weight is 252 g/mol. The van der Waals surface area contributed by atoms with Crippen molar-refractivity contribution in [3.8, 4) is 0 Å². The van der Waals surface area contributed by atoms with Crippen molar-refractivity contribution >= 4 is 17.9 Å². The Hall–Kier alpha value is -2.83. The van der Waals surface area contributed by atoms with Crippen LogP contribution >= 0.6 is 0 Å².